The van der Waals surface area contributed by atoms with Gasteiger partial charge in [0.1, 0.15) is 16.9 Å². The Morgan fingerprint density at radius 2 is 2.26 bits per heavy atom. The van der Waals surface area contributed by atoms with Crippen LogP contribution in [0.1, 0.15) is 23.2 Å². The molecule has 0 spiro atoms. The van der Waals surface area contributed by atoms with Crippen molar-refractivity contribution in [3.8, 4) is 0 Å². The van der Waals surface area contributed by atoms with Gasteiger partial charge in [-0.1, -0.05) is 0 Å². The first kappa shape index (κ1) is 17.2. The zero-order chi connectivity index (χ0) is 19.0. The van der Waals surface area contributed by atoms with Crippen LogP contribution in [0.25, 0.3) is 11.1 Å². The van der Waals surface area contributed by atoms with E-state index in [0.717, 1.165) is 37.3 Å². The number of hydrogen-bond donors (Lipinski definition) is 3. The number of anilines is 3. The number of furan rings is 1. The summed E-state index contributed by atoms with van der Waals surface area (Å²) >= 11 is 0. The number of aromatic nitrogens is 2. The molecule has 1 atom stereocenters. The number of amides is 1. The second kappa shape index (κ2) is 6.84. The van der Waals surface area contributed by atoms with E-state index in [4.69, 9.17) is 15.9 Å². The molecule has 1 saturated heterocycles. The lowest BCUT2D eigenvalue weighted by Crippen LogP contribution is -2.43. The molecule has 0 unspecified atom stereocenters. The molecule has 0 bridgehead atoms. The zero-order valence-corrected chi connectivity index (χ0v) is 14.5. The van der Waals surface area contributed by atoms with Crippen LogP contribution >= 0.6 is 0 Å². The van der Waals surface area contributed by atoms with E-state index >= 15 is 0 Å². The van der Waals surface area contributed by atoms with Crippen molar-refractivity contribution in [1.29, 1.82) is 0 Å². The van der Waals surface area contributed by atoms with E-state index in [1.54, 1.807) is 12.4 Å². The topological polar surface area (TPSA) is 123 Å². The summed E-state index contributed by atoms with van der Waals surface area (Å²) in [5.41, 5.74) is 13.7. The standard InChI is InChI=1S/C18H19FN6O2/c19-10-6-14-16(23-7-10)15(17(21)27-14)18(26)24-12-8-22-4-3-13(12)25-5-1-2-11(20)9-25/h3-4,6-8,11H,1-2,5,9,20-21H2,(H,24,26)/t11-/m0/s1. The van der Waals surface area contributed by atoms with Crippen LogP contribution in [0.15, 0.2) is 35.1 Å². The maximum absolute atomic E-state index is 13.3. The third-order valence-electron chi connectivity index (χ3n) is 4.59. The molecule has 0 aromatic carbocycles. The van der Waals surface area contributed by atoms with Crippen molar-refractivity contribution in [1.82, 2.24) is 9.97 Å². The Kier molecular flexibility index (Phi) is 4.36. The van der Waals surface area contributed by atoms with Gasteiger partial charge in [-0.05, 0) is 18.9 Å². The van der Waals surface area contributed by atoms with Crippen molar-refractivity contribution in [3.63, 3.8) is 0 Å². The molecule has 1 aliphatic rings. The van der Waals surface area contributed by atoms with Crippen molar-refractivity contribution < 1.29 is 13.6 Å². The number of nitrogens with one attached hydrogen (secondary N) is 1. The largest absolute Gasteiger partial charge is 0.438 e. The van der Waals surface area contributed by atoms with E-state index in [-0.39, 0.29) is 28.6 Å². The number of hydrogen-bond acceptors (Lipinski definition) is 7. The smallest absolute Gasteiger partial charge is 0.263 e. The van der Waals surface area contributed by atoms with E-state index in [2.05, 4.69) is 20.2 Å². The minimum atomic E-state index is -0.570. The lowest BCUT2D eigenvalue weighted by atomic mass is 10.1. The normalized spacial score (nSPS) is 17.3. The number of halogens is 1. The minimum Gasteiger partial charge on any atom is -0.438 e. The molecule has 27 heavy (non-hydrogen) atoms. The van der Waals surface area contributed by atoms with Crippen molar-refractivity contribution in [2.45, 2.75) is 18.9 Å². The van der Waals surface area contributed by atoms with Crippen LogP contribution in [0.5, 0.6) is 0 Å². The van der Waals surface area contributed by atoms with Gasteiger partial charge in [-0.3, -0.25) is 9.78 Å². The van der Waals surface area contributed by atoms with Crippen LogP contribution < -0.4 is 21.7 Å². The molecule has 0 aliphatic carbocycles. The van der Waals surface area contributed by atoms with Crippen LogP contribution in [0.3, 0.4) is 0 Å². The highest BCUT2D eigenvalue weighted by molar-refractivity contribution is 6.15. The van der Waals surface area contributed by atoms with Gasteiger partial charge in [0.05, 0.1) is 23.8 Å². The Morgan fingerprint density at radius 1 is 1.41 bits per heavy atom. The molecule has 140 valence electrons. The number of nitrogen functional groups attached to an aromatic ring is 1. The number of carbonyl (C=O) groups is 1. The first-order valence-electron chi connectivity index (χ1n) is 8.62. The summed E-state index contributed by atoms with van der Waals surface area (Å²) in [5.74, 6) is -1.19. The fraction of sp³-hybridized carbons (Fsp3) is 0.278. The molecule has 3 aromatic heterocycles. The van der Waals surface area contributed by atoms with E-state index in [1.165, 1.54) is 0 Å². The SMILES string of the molecule is Nc1oc2cc(F)cnc2c1C(=O)Nc1cnccc1N1CCC[C@H](N)C1. The number of piperidine rings is 1. The van der Waals surface area contributed by atoms with Crippen molar-refractivity contribution >= 4 is 34.3 Å². The molecule has 4 rings (SSSR count). The van der Waals surface area contributed by atoms with E-state index in [9.17, 15) is 9.18 Å². The summed E-state index contributed by atoms with van der Waals surface area (Å²) in [6, 6.07) is 3.06. The highest BCUT2D eigenvalue weighted by Gasteiger charge is 2.24. The van der Waals surface area contributed by atoms with Gasteiger partial charge in [0.15, 0.2) is 5.58 Å². The summed E-state index contributed by atoms with van der Waals surface area (Å²) < 4.78 is 18.6. The molecule has 0 saturated carbocycles. The number of nitrogens with two attached hydrogens (primary N) is 2. The molecule has 1 amide bonds. The van der Waals surface area contributed by atoms with E-state index in [0.29, 0.717) is 12.2 Å². The summed E-state index contributed by atoms with van der Waals surface area (Å²) in [4.78, 5) is 23.0. The van der Waals surface area contributed by atoms with Crippen LogP contribution in [0, 0.1) is 5.82 Å². The van der Waals surface area contributed by atoms with E-state index < -0.39 is 11.7 Å². The zero-order valence-electron chi connectivity index (χ0n) is 14.5. The quantitative estimate of drug-likeness (QED) is 0.645. The van der Waals surface area contributed by atoms with Crippen molar-refractivity contribution in [2.24, 2.45) is 5.73 Å². The van der Waals surface area contributed by atoms with Gasteiger partial charge < -0.3 is 26.1 Å². The monoisotopic (exact) mass is 370 g/mol. The van der Waals surface area contributed by atoms with Crippen molar-refractivity contribution in [2.75, 3.05) is 29.0 Å². The van der Waals surface area contributed by atoms with Crippen molar-refractivity contribution in [3.05, 3.63) is 42.1 Å². The first-order valence-corrected chi connectivity index (χ1v) is 8.62. The Bertz CT molecular complexity index is 1000. The molecule has 1 aliphatic heterocycles. The summed E-state index contributed by atoms with van der Waals surface area (Å²) in [6.07, 6.45) is 6.20. The molecule has 0 radical (unpaired) electrons. The third kappa shape index (κ3) is 3.28. The number of fused-ring (bicyclic) bond motifs is 1. The molecule has 5 N–H and O–H groups in total. The Labute approximate surface area is 154 Å². The van der Waals surface area contributed by atoms with Gasteiger partial charge in [-0.25, -0.2) is 9.37 Å². The van der Waals surface area contributed by atoms with Gasteiger partial charge in [0.2, 0.25) is 5.88 Å². The lowest BCUT2D eigenvalue weighted by Gasteiger charge is -2.33. The highest BCUT2D eigenvalue weighted by atomic mass is 19.1. The van der Waals surface area contributed by atoms with Crippen LogP contribution in [0.2, 0.25) is 0 Å². The molecular weight excluding hydrogens is 351 g/mol. The highest BCUT2D eigenvalue weighted by Crippen LogP contribution is 2.31. The Hall–Kier alpha value is -3.20. The predicted molar refractivity (Wildman–Crippen MR) is 100.0 cm³/mol. The number of pyridine rings is 2. The van der Waals surface area contributed by atoms with Crippen LogP contribution in [0.4, 0.5) is 21.6 Å². The Balaban J connectivity index is 1.65. The van der Waals surface area contributed by atoms with Gasteiger partial charge in [0, 0.05) is 31.4 Å². The summed E-state index contributed by atoms with van der Waals surface area (Å²) in [5, 5.41) is 2.81. The molecule has 9 heteroatoms. The second-order valence-electron chi connectivity index (χ2n) is 6.54. The average Bonchev–Trinajstić information content (AvgIpc) is 2.97. The van der Waals surface area contributed by atoms with Gasteiger partial charge in [-0.15, -0.1) is 0 Å². The fourth-order valence-electron chi connectivity index (χ4n) is 3.36. The molecule has 4 heterocycles. The fourth-order valence-corrected chi connectivity index (χ4v) is 3.36. The lowest BCUT2D eigenvalue weighted by molar-refractivity contribution is 0.102. The summed E-state index contributed by atoms with van der Waals surface area (Å²) in [7, 11) is 0. The number of nitrogens with zero attached hydrogens (tertiary/aromatic N) is 3. The molecular formula is C18H19FN6O2. The minimum absolute atomic E-state index is 0.0650. The molecule has 1 fully saturated rings. The predicted octanol–water partition coefficient (Wildman–Crippen LogP) is 2.12. The average molecular weight is 370 g/mol. The molecule has 8 nitrogen and oxygen atoms in total. The maximum Gasteiger partial charge on any atom is 0.263 e. The van der Waals surface area contributed by atoms with Crippen LogP contribution in [-0.2, 0) is 0 Å². The third-order valence-corrected chi connectivity index (χ3v) is 4.59. The molecule has 3 aromatic rings. The van der Waals surface area contributed by atoms with Crippen LogP contribution in [-0.4, -0.2) is 35.0 Å². The Morgan fingerprint density at radius 3 is 3.07 bits per heavy atom. The number of carbonyl (C=O) groups excluding carboxylic acids is 1. The first-order chi connectivity index (χ1) is 13.0. The number of rotatable bonds is 3. The van der Waals surface area contributed by atoms with E-state index in [1.807, 2.05) is 6.07 Å². The van der Waals surface area contributed by atoms with Gasteiger partial charge in [-0.2, -0.15) is 0 Å². The summed E-state index contributed by atoms with van der Waals surface area (Å²) in [6.45, 7) is 1.54. The second-order valence-corrected chi connectivity index (χ2v) is 6.54. The maximum atomic E-state index is 13.3. The van der Waals surface area contributed by atoms with Gasteiger partial charge >= 0.3 is 0 Å². The van der Waals surface area contributed by atoms with Gasteiger partial charge in [0.25, 0.3) is 5.91 Å².